The fourth-order valence-corrected chi connectivity index (χ4v) is 2.92. The van der Waals surface area contributed by atoms with Crippen molar-refractivity contribution in [2.75, 3.05) is 26.8 Å². The van der Waals surface area contributed by atoms with E-state index < -0.39 is 0 Å². The molecule has 0 aliphatic carbocycles. The highest BCUT2D eigenvalue weighted by Gasteiger charge is 2.38. The summed E-state index contributed by atoms with van der Waals surface area (Å²) in [7, 11) is 1.72. The van der Waals surface area contributed by atoms with Gasteiger partial charge in [-0.15, -0.1) is 0 Å². The molecule has 2 atom stereocenters. The standard InChI is InChI=1S/C15H22FNO/c1-15(8-10-18-2)7-9-17-11-13(15)12-5-3-4-6-14(12)16/h3-6,13,17H,7-11H2,1-2H3. The van der Waals surface area contributed by atoms with Crippen LogP contribution < -0.4 is 5.32 Å². The molecule has 0 spiro atoms. The summed E-state index contributed by atoms with van der Waals surface area (Å²) in [5.74, 6) is 0.137. The minimum absolute atomic E-state index is 0.0881. The fourth-order valence-electron chi connectivity index (χ4n) is 2.92. The second-order valence-corrected chi connectivity index (χ2v) is 5.43. The second kappa shape index (κ2) is 5.81. The lowest BCUT2D eigenvalue weighted by Crippen LogP contribution is -2.42. The summed E-state index contributed by atoms with van der Waals surface area (Å²) in [6.45, 7) is 4.84. The maximum Gasteiger partial charge on any atom is 0.126 e. The van der Waals surface area contributed by atoms with Crippen LogP contribution in [0.4, 0.5) is 4.39 Å². The van der Waals surface area contributed by atoms with Crippen LogP contribution in [0.5, 0.6) is 0 Å². The Kier molecular flexibility index (Phi) is 4.36. The highest BCUT2D eigenvalue weighted by molar-refractivity contribution is 5.25. The van der Waals surface area contributed by atoms with Gasteiger partial charge in [-0.3, -0.25) is 0 Å². The SMILES string of the molecule is COCCC1(C)CCNCC1c1ccccc1F. The molecule has 0 bridgehead atoms. The molecule has 1 aliphatic heterocycles. The molecule has 2 rings (SSSR count). The summed E-state index contributed by atoms with van der Waals surface area (Å²) in [5.41, 5.74) is 0.951. The summed E-state index contributed by atoms with van der Waals surface area (Å²) >= 11 is 0. The minimum atomic E-state index is -0.0881. The third kappa shape index (κ3) is 2.73. The molecular formula is C15H22FNO. The first-order valence-corrected chi connectivity index (χ1v) is 6.61. The predicted molar refractivity (Wildman–Crippen MR) is 71.2 cm³/mol. The van der Waals surface area contributed by atoms with Crippen molar-refractivity contribution in [3.05, 3.63) is 35.6 Å². The highest BCUT2D eigenvalue weighted by Crippen LogP contribution is 2.43. The molecule has 1 saturated heterocycles. The Labute approximate surface area is 109 Å². The number of hydrogen-bond acceptors (Lipinski definition) is 2. The third-order valence-corrected chi connectivity index (χ3v) is 4.22. The molecule has 1 heterocycles. The Balaban J connectivity index is 2.25. The summed E-state index contributed by atoms with van der Waals surface area (Å²) < 4.78 is 19.2. The number of ether oxygens (including phenoxy) is 1. The van der Waals surface area contributed by atoms with Crippen LogP contribution in [-0.2, 0) is 4.74 Å². The van der Waals surface area contributed by atoms with Crippen molar-refractivity contribution >= 4 is 0 Å². The molecular weight excluding hydrogens is 229 g/mol. The Morgan fingerprint density at radius 2 is 2.22 bits per heavy atom. The average molecular weight is 251 g/mol. The monoisotopic (exact) mass is 251 g/mol. The lowest BCUT2D eigenvalue weighted by molar-refractivity contribution is 0.103. The Morgan fingerprint density at radius 1 is 1.44 bits per heavy atom. The van der Waals surface area contributed by atoms with Crippen LogP contribution in [-0.4, -0.2) is 26.8 Å². The molecule has 1 N–H and O–H groups in total. The van der Waals surface area contributed by atoms with E-state index in [0.29, 0.717) is 0 Å². The second-order valence-electron chi connectivity index (χ2n) is 5.43. The van der Waals surface area contributed by atoms with Crippen LogP contribution in [0.2, 0.25) is 0 Å². The van der Waals surface area contributed by atoms with Crippen molar-refractivity contribution in [2.45, 2.75) is 25.7 Å². The van der Waals surface area contributed by atoms with Crippen molar-refractivity contribution < 1.29 is 9.13 Å². The largest absolute Gasteiger partial charge is 0.385 e. The normalized spacial score (nSPS) is 28.3. The van der Waals surface area contributed by atoms with Crippen LogP contribution in [0, 0.1) is 11.2 Å². The topological polar surface area (TPSA) is 21.3 Å². The van der Waals surface area contributed by atoms with Crippen molar-refractivity contribution in [3.8, 4) is 0 Å². The fraction of sp³-hybridized carbons (Fsp3) is 0.600. The van der Waals surface area contributed by atoms with E-state index in [0.717, 1.165) is 38.1 Å². The Morgan fingerprint density at radius 3 is 2.94 bits per heavy atom. The van der Waals surface area contributed by atoms with E-state index in [2.05, 4.69) is 12.2 Å². The van der Waals surface area contributed by atoms with Crippen LogP contribution >= 0.6 is 0 Å². The lowest BCUT2D eigenvalue weighted by atomic mass is 9.67. The van der Waals surface area contributed by atoms with Gasteiger partial charge < -0.3 is 10.1 Å². The van der Waals surface area contributed by atoms with Gasteiger partial charge in [0.2, 0.25) is 0 Å². The van der Waals surface area contributed by atoms with Crippen molar-refractivity contribution in [3.63, 3.8) is 0 Å². The minimum Gasteiger partial charge on any atom is -0.385 e. The van der Waals surface area contributed by atoms with Crippen molar-refractivity contribution in [2.24, 2.45) is 5.41 Å². The number of nitrogens with one attached hydrogen (secondary N) is 1. The van der Waals surface area contributed by atoms with Gasteiger partial charge in [0, 0.05) is 26.2 Å². The quantitative estimate of drug-likeness (QED) is 0.888. The zero-order valence-corrected chi connectivity index (χ0v) is 11.2. The molecule has 3 heteroatoms. The molecule has 2 nitrogen and oxygen atoms in total. The molecule has 0 saturated carbocycles. The van der Waals surface area contributed by atoms with E-state index in [1.54, 1.807) is 19.2 Å². The first kappa shape index (κ1) is 13.5. The Hall–Kier alpha value is -0.930. The van der Waals surface area contributed by atoms with Gasteiger partial charge in [-0.2, -0.15) is 0 Å². The number of methoxy groups -OCH3 is 1. The molecule has 100 valence electrons. The van der Waals surface area contributed by atoms with E-state index in [1.807, 2.05) is 12.1 Å². The molecule has 0 amide bonds. The van der Waals surface area contributed by atoms with Gasteiger partial charge in [0.25, 0.3) is 0 Å². The molecule has 0 aromatic heterocycles. The number of rotatable bonds is 4. The van der Waals surface area contributed by atoms with E-state index >= 15 is 0 Å². The molecule has 0 radical (unpaired) electrons. The number of piperidine rings is 1. The van der Waals surface area contributed by atoms with E-state index in [1.165, 1.54) is 0 Å². The smallest absolute Gasteiger partial charge is 0.126 e. The maximum atomic E-state index is 14.0. The maximum absolute atomic E-state index is 14.0. The van der Waals surface area contributed by atoms with E-state index in [-0.39, 0.29) is 17.2 Å². The zero-order chi connectivity index (χ0) is 13.0. The number of benzene rings is 1. The van der Waals surface area contributed by atoms with Gasteiger partial charge in [0.1, 0.15) is 5.82 Å². The number of halogens is 1. The van der Waals surface area contributed by atoms with Crippen molar-refractivity contribution in [1.29, 1.82) is 0 Å². The molecule has 1 fully saturated rings. The van der Waals surface area contributed by atoms with Crippen LogP contribution in [0.3, 0.4) is 0 Å². The molecule has 2 unspecified atom stereocenters. The molecule has 1 aromatic rings. The first-order valence-electron chi connectivity index (χ1n) is 6.61. The highest BCUT2D eigenvalue weighted by atomic mass is 19.1. The third-order valence-electron chi connectivity index (χ3n) is 4.22. The first-order chi connectivity index (χ1) is 8.67. The van der Waals surface area contributed by atoms with Crippen molar-refractivity contribution in [1.82, 2.24) is 5.32 Å². The summed E-state index contributed by atoms with van der Waals surface area (Å²) in [6.07, 6.45) is 2.04. The summed E-state index contributed by atoms with van der Waals surface area (Å²) in [4.78, 5) is 0. The van der Waals surface area contributed by atoms with Gasteiger partial charge in [-0.25, -0.2) is 4.39 Å². The predicted octanol–water partition coefficient (Wildman–Crippen LogP) is 2.95. The van der Waals surface area contributed by atoms with Crippen LogP contribution in [0.1, 0.15) is 31.2 Å². The van der Waals surface area contributed by atoms with E-state index in [9.17, 15) is 4.39 Å². The summed E-state index contributed by atoms with van der Waals surface area (Å²) in [6, 6.07) is 7.14. The summed E-state index contributed by atoms with van der Waals surface area (Å²) in [5, 5.41) is 3.38. The molecule has 1 aromatic carbocycles. The average Bonchev–Trinajstić information content (AvgIpc) is 2.38. The van der Waals surface area contributed by atoms with Gasteiger partial charge in [-0.1, -0.05) is 25.1 Å². The van der Waals surface area contributed by atoms with Gasteiger partial charge >= 0.3 is 0 Å². The zero-order valence-electron chi connectivity index (χ0n) is 11.2. The van der Waals surface area contributed by atoms with E-state index in [4.69, 9.17) is 4.74 Å². The molecule has 18 heavy (non-hydrogen) atoms. The van der Waals surface area contributed by atoms with Crippen LogP contribution in [0.15, 0.2) is 24.3 Å². The lowest BCUT2D eigenvalue weighted by Gasteiger charge is -2.42. The number of hydrogen-bond donors (Lipinski definition) is 1. The van der Waals surface area contributed by atoms with Gasteiger partial charge in [0.15, 0.2) is 0 Å². The van der Waals surface area contributed by atoms with Gasteiger partial charge in [0.05, 0.1) is 0 Å². The van der Waals surface area contributed by atoms with Crippen LogP contribution in [0.25, 0.3) is 0 Å². The molecule has 1 aliphatic rings. The Bertz CT molecular complexity index is 396. The van der Waals surface area contributed by atoms with Gasteiger partial charge in [-0.05, 0) is 36.4 Å².